The van der Waals surface area contributed by atoms with Crippen LogP contribution in [0.2, 0.25) is 0 Å². The highest BCUT2D eigenvalue weighted by Crippen LogP contribution is 2.05. The Bertz CT molecular complexity index is 183. The molecule has 0 aromatic rings. The average molecular weight is 196 g/mol. The fraction of sp³-hybridized carbons (Fsp3) is 0.583. The molecule has 0 bridgehead atoms. The van der Waals surface area contributed by atoms with Gasteiger partial charge < -0.3 is 4.74 Å². The summed E-state index contributed by atoms with van der Waals surface area (Å²) >= 11 is 0. The van der Waals surface area contributed by atoms with Crippen molar-refractivity contribution < 1.29 is 9.53 Å². The van der Waals surface area contributed by atoms with Crippen LogP contribution in [0.5, 0.6) is 0 Å². The fourth-order valence-corrected chi connectivity index (χ4v) is 1.15. The minimum atomic E-state index is -0.267. The molecule has 0 saturated carbocycles. The number of unbranched alkanes of at least 4 members (excludes halogenated alkanes) is 5. The smallest absolute Gasteiger partial charge is 0.330 e. The normalized spacial score (nSPS) is 10.4. The summed E-state index contributed by atoms with van der Waals surface area (Å²) in [6, 6.07) is 0. The molecule has 0 spiro atoms. The molecule has 0 fully saturated rings. The van der Waals surface area contributed by atoms with E-state index in [1.807, 2.05) is 12.2 Å². The van der Waals surface area contributed by atoms with Gasteiger partial charge in [-0.15, -0.1) is 6.58 Å². The third-order valence-electron chi connectivity index (χ3n) is 1.98. The van der Waals surface area contributed by atoms with E-state index in [1.165, 1.54) is 32.4 Å². The molecular formula is C12H20O2. The molecule has 0 amide bonds. The van der Waals surface area contributed by atoms with E-state index in [1.54, 1.807) is 0 Å². The van der Waals surface area contributed by atoms with Gasteiger partial charge in [0.2, 0.25) is 0 Å². The number of carbonyl (C=O) groups excluding carboxylic acids is 1. The molecule has 2 heteroatoms. The summed E-state index contributed by atoms with van der Waals surface area (Å²) in [5, 5.41) is 0. The van der Waals surface area contributed by atoms with Crippen LogP contribution in [-0.4, -0.2) is 13.1 Å². The third-order valence-corrected chi connectivity index (χ3v) is 1.98. The molecule has 0 aliphatic carbocycles. The molecule has 0 saturated heterocycles. The Morgan fingerprint density at radius 3 is 2.43 bits per heavy atom. The van der Waals surface area contributed by atoms with Crippen LogP contribution < -0.4 is 0 Å². The van der Waals surface area contributed by atoms with Gasteiger partial charge in [0, 0.05) is 6.08 Å². The molecular weight excluding hydrogens is 176 g/mol. The average Bonchev–Trinajstić information content (AvgIpc) is 2.21. The largest absolute Gasteiger partial charge is 0.466 e. The van der Waals surface area contributed by atoms with Crippen LogP contribution >= 0.6 is 0 Å². The van der Waals surface area contributed by atoms with Crippen LogP contribution in [0.1, 0.15) is 38.5 Å². The number of carbonyl (C=O) groups is 1. The number of ether oxygens (including phenoxy) is 1. The summed E-state index contributed by atoms with van der Waals surface area (Å²) in [7, 11) is 1.39. The molecule has 14 heavy (non-hydrogen) atoms. The van der Waals surface area contributed by atoms with Crippen LogP contribution in [0.25, 0.3) is 0 Å². The summed E-state index contributed by atoms with van der Waals surface area (Å²) in [5.74, 6) is -0.267. The molecule has 0 rings (SSSR count). The molecule has 0 aliphatic heterocycles. The first kappa shape index (κ1) is 12.9. The van der Waals surface area contributed by atoms with Crippen LogP contribution in [0.15, 0.2) is 24.8 Å². The first-order valence-electron chi connectivity index (χ1n) is 5.16. The summed E-state index contributed by atoms with van der Waals surface area (Å²) in [5.41, 5.74) is 0. The van der Waals surface area contributed by atoms with Gasteiger partial charge in [0.1, 0.15) is 0 Å². The molecule has 0 radical (unpaired) electrons. The number of hydrogen-bond acceptors (Lipinski definition) is 2. The van der Waals surface area contributed by atoms with Gasteiger partial charge in [0.05, 0.1) is 7.11 Å². The standard InChI is InChI=1S/C12H20O2/c1-3-4-5-6-7-8-9-10-11-12(13)14-2/h3,10-11H,1,4-9H2,2H3/b11-10-. The molecule has 0 unspecified atom stereocenters. The Morgan fingerprint density at radius 1 is 1.21 bits per heavy atom. The zero-order chi connectivity index (χ0) is 10.6. The van der Waals surface area contributed by atoms with Gasteiger partial charge in [-0.05, 0) is 25.7 Å². The Hall–Kier alpha value is -1.05. The molecule has 0 aliphatic rings. The van der Waals surface area contributed by atoms with Crippen molar-refractivity contribution in [3.63, 3.8) is 0 Å². The number of rotatable bonds is 8. The lowest BCUT2D eigenvalue weighted by Crippen LogP contribution is -1.93. The van der Waals surface area contributed by atoms with Gasteiger partial charge >= 0.3 is 5.97 Å². The van der Waals surface area contributed by atoms with E-state index < -0.39 is 0 Å². The van der Waals surface area contributed by atoms with E-state index in [0.29, 0.717) is 0 Å². The van der Waals surface area contributed by atoms with E-state index in [2.05, 4.69) is 11.3 Å². The van der Waals surface area contributed by atoms with Gasteiger partial charge in [-0.25, -0.2) is 4.79 Å². The highest BCUT2D eigenvalue weighted by atomic mass is 16.5. The molecule has 0 heterocycles. The number of methoxy groups -OCH3 is 1. The Kier molecular flexibility index (Phi) is 9.28. The van der Waals surface area contributed by atoms with Crippen molar-refractivity contribution in [1.82, 2.24) is 0 Å². The second kappa shape index (κ2) is 10.0. The highest BCUT2D eigenvalue weighted by Gasteiger charge is 1.90. The van der Waals surface area contributed by atoms with Crippen molar-refractivity contribution in [1.29, 1.82) is 0 Å². The first-order valence-corrected chi connectivity index (χ1v) is 5.16. The SMILES string of the molecule is C=CCCCCCC/C=C\C(=O)OC. The quantitative estimate of drug-likeness (QED) is 0.258. The van der Waals surface area contributed by atoms with Crippen molar-refractivity contribution in [2.75, 3.05) is 7.11 Å². The lowest BCUT2D eigenvalue weighted by atomic mass is 10.1. The van der Waals surface area contributed by atoms with E-state index in [-0.39, 0.29) is 5.97 Å². The zero-order valence-electron chi connectivity index (χ0n) is 9.00. The van der Waals surface area contributed by atoms with Gasteiger partial charge in [-0.1, -0.05) is 25.0 Å². The second-order valence-corrected chi connectivity index (χ2v) is 3.21. The van der Waals surface area contributed by atoms with E-state index >= 15 is 0 Å². The predicted molar refractivity (Wildman–Crippen MR) is 59.1 cm³/mol. The van der Waals surface area contributed by atoms with Crippen molar-refractivity contribution >= 4 is 5.97 Å². The molecule has 2 nitrogen and oxygen atoms in total. The van der Waals surface area contributed by atoms with Crippen LogP contribution in [-0.2, 0) is 9.53 Å². The first-order chi connectivity index (χ1) is 6.81. The Morgan fingerprint density at radius 2 is 1.86 bits per heavy atom. The molecule has 0 aromatic carbocycles. The summed E-state index contributed by atoms with van der Waals surface area (Å²) in [6.07, 6.45) is 12.2. The minimum Gasteiger partial charge on any atom is -0.466 e. The second-order valence-electron chi connectivity index (χ2n) is 3.21. The van der Waals surface area contributed by atoms with Crippen molar-refractivity contribution in [3.8, 4) is 0 Å². The molecule has 0 N–H and O–H groups in total. The van der Waals surface area contributed by atoms with Crippen LogP contribution in [0.3, 0.4) is 0 Å². The minimum absolute atomic E-state index is 0.267. The van der Waals surface area contributed by atoms with Crippen molar-refractivity contribution in [3.05, 3.63) is 24.8 Å². The Labute approximate surface area is 86.6 Å². The number of allylic oxidation sites excluding steroid dienone is 2. The topological polar surface area (TPSA) is 26.3 Å². The van der Waals surface area contributed by atoms with E-state index in [0.717, 1.165) is 19.3 Å². The van der Waals surface area contributed by atoms with E-state index in [4.69, 9.17) is 0 Å². The molecule has 80 valence electrons. The van der Waals surface area contributed by atoms with Gasteiger partial charge in [0.15, 0.2) is 0 Å². The summed E-state index contributed by atoms with van der Waals surface area (Å²) in [4.78, 5) is 10.7. The number of esters is 1. The van der Waals surface area contributed by atoms with Crippen molar-refractivity contribution in [2.45, 2.75) is 38.5 Å². The maximum Gasteiger partial charge on any atom is 0.330 e. The maximum atomic E-state index is 10.7. The van der Waals surface area contributed by atoms with Crippen LogP contribution in [0, 0.1) is 0 Å². The lowest BCUT2D eigenvalue weighted by molar-refractivity contribution is -0.134. The monoisotopic (exact) mass is 196 g/mol. The summed E-state index contributed by atoms with van der Waals surface area (Å²) < 4.78 is 4.47. The predicted octanol–water partition coefficient (Wildman–Crippen LogP) is 3.24. The maximum absolute atomic E-state index is 10.7. The van der Waals surface area contributed by atoms with Gasteiger partial charge in [0.25, 0.3) is 0 Å². The summed E-state index contributed by atoms with van der Waals surface area (Å²) in [6.45, 7) is 3.67. The number of hydrogen-bond donors (Lipinski definition) is 0. The fourth-order valence-electron chi connectivity index (χ4n) is 1.15. The van der Waals surface area contributed by atoms with E-state index in [9.17, 15) is 4.79 Å². The zero-order valence-corrected chi connectivity index (χ0v) is 9.00. The van der Waals surface area contributed by atoms with Gasteiger partial charge in [-0.3, -0.25) is 0 Å². The molecule has 0 aromatic heterocycles. The van der Waals surface area contributed by atoms with Gasteiger partial charge in [-0.2, -0.15) is 0 Å². The Balaban J connectivity index is 3.16. The lowest BCUT2D eigenvalue weighted by Gasteiger charge is -1.96. The van der Waals surface area contributed by atoms with Crippen molar-refractivity contribution in [2.24, 2.45) is 0 Å². The van der Waals surface area contributed by atoms with Crippen LogP contribution in [0.4, 0.5) is 0 Å². The molecule has 0 atom stereocenters. The third kappa shape index (κ3) is 9.04. The highest BCUT2D eigenvalue weighted by molar-refractivity contribution is 5.81.